The molecule has 5 nitrogen and oxygen atoms in total. The standard InChI is InChI=1S/C14H23N3O2/c1-10-8-11(5-7-15(10)2)17-9-13(18)16-6-3-4-12(16)14(17)19/h10-12H,3-9H2,1-2H3. The van der Waals surface area contributed by atoms with E-state index in [0.29, 0.717) is 12.6 Å². The molecule has 2 amide bonds. The molecule has 3 aliphatic heterocycles. The quantitative estimate of drug-likeness (QED) is 0.685. The Bertz CT molecular complexity index is 398. The fourth-order valence-electron chi connectivity index (χ4n) is 3.68. The maximum Gasteiger partial charge on any atom is 0.246 e. The van der Waals surface area contributed by atoms with Crippen LogP contribution in [0, 0.1) is 0 Å². The number of carbonyl (C=O) groups excluding carboxylic acids is 2. The first-order valence-electron chi connectivity index (χ1n) is 7.38. The fraction of sp³-hybridized carbons (Fsp3) is 0.857. The van der Waals surface area contributed by atoms with Crippen LogP contribution in [0.5, 0.6) is 0 Å². The van der Waals surface area contributed by atoms with Crippen molar-refractivity contribution in [3.05, 3.63) is 0 Å². The van der Waals surface area contributed by atoms with Gasteiger partial charge >= 0.3 is 0 Å². The number of hydrogen-bond donors (Lipinski definition) is 0. The summed E-state index contributed by atoms with van der Waals surface area (Å²) in [5.74, 6) is 0.340. The summed E-state index contributed by atoms with van der Waals surface area (Å²) in [4.78, 5) is 30.7. The average Bonchev–Trinajstić information content (AvgIpc) is 2.87. The molecular weight excluding hydrogens is 242 g/mol. The average molecular weight is 265 g/mol. The third-order valence-corrected chi connectivity index (χ3v) is 5.07. The first-order valence-corrected chi connectivity index (χ1v) is 7.38. The molecule has 0 aromatic rings. The second-order valence-electron chi connectivity index (χ2n) is 6.22. The van der Waals surface area contributed by atoms with Crippen LogP contribution in [0.25, 0.3) is 0 Å². The topological polar surface area (TPSA) is 43.9 Å². The van der Waals surface area contributed by atoms with Gasteiger partial charge in [0.15, 0.2) is 0 Å². The summed E-state index contributed by atoms with van der Waals surface area (Å²) in [6, 6.07) is 0.588. The van der Waals surface area contributed by atoms with Gasteiger partial charge in [-0.05, 0) is 39.7 Å². The van der Waals surface area contributed by atoms with Gasteiger partial charge in [0, 0.05) is 25.2 Å². The van der Waals surface area contributed by atoms with Gasteiger partial charge in [0.25, 0.3) is 0 Å². The predicted molar refractivity (Wildman–Crippen MR) is 71.6 cm³/mol. The minimum atomic E-state index is -0.156. The van der Waals surface area contributed by atoms with Crippen LogP contribution in [0.3, 0.4) is 0 Å². The summed E-state index contributed by atoms with van der Waals surface area (Å²) < 4.78 is 0. The van der Waals surface area contributed by atoms with Gasteiger partial charge in [-0.2, -0.15) is 0 Å². The van der Waals surface area contributed by atoms with Crippen LogP contribution in [-0.2, 0) is 9.59 Å². The zero-order valence-electron chi connectivity index (χ0n) is 11.8. The SMILES string of the molecule is CC1CC(N2CC(=O)N3CCCC3C2=O)CCN1C. The number of rotatable bonds is 1. The number of amides is 2. The molecular formula is C14H23N3O2. The van der Waals surface area contributed by atoms with Gasteiger partial charge in [0.1, 0.15) is 12.6 Å². The Morgan fingerprint density at radius 1 is 1.11 bits per heavy atom. The molecule has 3 saturated heterocycles. The third-order valence-electron chi connectivity index (χ3n) is 5.07. The van der Waals surface area contributed by atoms with E-state index in [1.165, 1.54) is 0 Å². The van der Waals surface area contributed by atoms with Gasteiger partial charge in [0.05, 0.1) is 0 Å². The molecule has 3 rings (SSSR count). The molecule has 3 heterocycles. The molecule has 3 unspecified atom stereocenters. The van der Waals surface area contributed by atoms with Crippen LogP contribution in [0.15, 0.2) is 0 Å². The lowest BCUT2D eigenvalue weighted by Gasteiger charge is -2.45. The molecule has 5 heteroatoms. The van der Waals surface area contributed by atoms with Gasteiger partial charge in [-0.1, -0.05) is 0 Å². The van der Waals surface area contributed by atoms with Crippen molar-refractivity contribution in [2.45, 2.75) is 50.7 Å². The lowest BCUT2D eigenvalue weighted by molar-refractivity contribution is -0.157. The minimum absolute atomic E-state index is 0.147. The van der Waals surface area contributed by atoms with Crippen LogP contribution in [0.4, 0.5) is 0 Å². The van der Waals surface area contributed by atoms with E-state index in [9.17, 15) is 9.59 Å². The molecule has 0 radical (unpaired) electrons. The zero-order valence-corrected chi connectivity index (χ0v) is 11.8. The van der Waals surface area contributed by atoms with Crippen LogP contribution < -0.4 is 0 Å². The third kappa shape index (κ3) is 2.14. The monoisotopic (exact) mass is 265 g/mol. The highest BCUT2D eigenvalue weighted by Crippen LogP contribution is 2.28. The minimum Gasteiger partial charge on any atom is -0.329 e. The summed E-state index contributed by atoms with van der Waals surface area (Å²) in [5, 5.41) is 0. The summed E-state index contributed by atoms with van der Waals surface area (Å²) in [6.45, 7) is 4.28. The van der Waals surface area contributed by atoms with Gasteiger partial charge < -0.3 is 14.7 Å². The molecule has 0 bridgehead atoms. The largest absolute Gasteiger partial charge is 0.329 e. The van der Waals surface area contributed by atoms with Crippen molar-refractivity contribution >= 4 is 11.8 Å². The number of fused-ring (bicyclic) bond motifs is 1. The van der Waals surface area contributed by atoms with Crippen molar-refractivity contribution < 1.29 is 9.59 Å². The van der Waals surface area contributed by atoms with Crippen LogP contribution in [0.1, 0.15) is 32.6 Å². The van der Waals surface area contributed by atoms with Crippen LogP contribution in [0.2, 0.25) is 0 Å². The van der Waals surface area contributed by atoms with E-state index in [1.54, 1.807) is 4.90 Å². The maximum absolute atomic E-state index is 12.6. The zero-order chi connectivity index (χ0) is 13.6. The normalized spacial score (nSPS) is 36.8. The Labute approximate surface area is 114 Å². The second-order valence-corrected chi connectivity index (χ2v) is 6.22. The molecule has 0 aromatic carbocycles. The van der Waals surface area contributed by atoms with E-state index in [0.717, 1.165) is 38.8 Å². The molecule has 0 saturated carbocycles. The van der Waals surface area contributed by atoms with Crippen molar-refractivity contribution in [3.8, 4) is 0 Å². The van der Waals surface area contributed by atoms with E-state index >= 15 is 0 Å². The number of likely N-dealkylation sites (tertiary alicyclic amines) is 1. The number of nitrogens with zero attached hydrogens (tertiary/aromatic N) is 3. The number of hydrogen-bond acceptors (Lipinski definition) is 3. The van der Waals surface area contributed by atoms with Crippen molar-refractivity contribution in [2.75, 3.05) is 26.7 Å². The molecule has 0 spiro atoms. The number of piperidine rings is 1. The van der Waals surface area contributed by atoms with Crippen molar-refractivity contribution in [1.29, 1.82) is 0 Å². The Kier molecular flexibility index (Phi) is 3.25. The summed E-state index contributed by atoms with van der Waals surface area (Å²) in [5.41, 5.74) is 0. The Morgan fingerprint density at radius 3 is 2.63 bits per heavy atom. The van der Waals surface area contributed by atoms with Crippen LogP contribution >= 0.6 is 0 Å². The first kappa shape index (κ1) is 12.9. The molecule has 0 N–H and O–H groups in total. The molecule has 106 valence electrons. The van der Waals surface area contributed by atoms with E-state index in [4.69, 9.17) is 0 Å². The fourth-order valence-corrected chi connectivity index (χ4v) is 3.68. The summed E-state index contributed by atoms with van der Waals surface area (Å²) in [6.07, 6.45) is 3.80. The van der Waals surface area contributed by atoms with E-state index < -0.39 is 0 Å². The highest BCUT2D eigenvalue weighted by molar-refractivity contribution is 5.95. The highest BCUT2D eigenvalue weighted by Gasteiger charge is 2.44. The van der Waals surface area contributed by atoms with Gasteiger partial charge in [-0.3, -0.25) is 9.59 Å². The number of carbonyl (C=O) groups is 2. The lowest BCUT2D eigenvalue weighted by atomic mass is 9.95. The molecule has 3 atom stereocenters. The van der Waals surface area contributed by atoms with Gasteiger partial charge in [-0.25, -0.2) is 0 Å². The lowest BCUT2D eigenvalue weighted by Crippen LogP contribution is -2.61. The van der Waals surface area contributed by atoms with Gasteiger partial charge in [0.2, 0.25) is 11.8 Å². The predicted octanol–water partition coefficient (Wildman–Crippen LogP) is 0.302. The highest BCUT2D eigenvalue weighted by atomic mass is 16.2. The van der Waals surface area contributed by atoms with E-state index in [-0.39, 0.29) is 23.9 Å². The van der Waals surface area contributed by atoms with Crippen molar-refractivity contribution in [3.63, 3.8) is 0 Å². The maximum atomic E-state index is 12.6. The summed E-state index contributed by atoms with van der Waals surface area (Å²) in [7, 11) is 2.13. The molecule has 3 aliphatic rings. The van der Waals surface area contributed by atoms with E-state index in [2.05, 4.69) is 18.9 Å². The second kappa shape index (κ2) is 4.78. The smallest absolute Gasteiger partial charge is 0.246 e. The summed E-state index contributed by atoms with van der Waals surface area (Å²) >= 11 is 0. The van der Waals surface area contributed by atoms with Crippen LogP contribution in [-0.4, -0.2) is 71.3 Å². The molecule has 3 fully saturated rings. The molecule has 19 heavy (non-hydrogen) atoms. The van der Waals surface area contributed by atoms with Crippen molar-refractivity contribution in [2.24, 2.45) is 0 Å². The van der Waals surface area contributed by atoms with Gasteiger partial charge in [-0.15, -0.1) is 0 Å². The van der Waals surface area contributed by atoms with E-state index in [1.807, 2.05) is 4.90 Å². The van der Waals surface area contributed by atoms with Crippen molar-refractivity contribution in [1.82, 2.24) is 14.7 Å². The number of piperazine rings is 1. The molecule has 0 aromatic heterocycles. The first-order chi connectivity index (χ1) is 9.08. The molecule has 0 aliphatic carbocycles. The Morgan fingerprint density at radius 2 is 1.89 bits per heavy atom. The Hall–Kier alpha value is -1.10. The Balaban J connectivity index is 1.74.